The Morgan fingerprint density at radius 3 is 2.85 bits per heavy atom. The fourth-order valence-electron chi connectivity index (χ4n) is 2.00. The minimum absolute atomic E-state index is 0.384. The van der Waals surface area contributed by atoms with Gasteiger partial charge < -0.3 is 5.32 Å². The molecule has 1 rings (SSSR count). The first-order chi connectivity index (χ1) is 6.12. The summed E-state index contributed by atoms with van der Waals surface area (Å²) in [4.78, 5) is 0. The quantitative estimate of drug-likeness (QED) is 0.659. The van der Waals surface area contributed by atoms with Gasteiger partial charge in [0.2, 0.25) is 0 Å². The zero-order valence-electron chi connectivity index (χ0n) is 9.16. The number of allylic oxidation sites excluding steroid dienone is 1. The molecule has 1 heterocycles. The predicted octanol–water partition coefficient (Wildman–Crippen LogP) is 3.27. The molecule has 0 saturated carbocycles. The van der Waals surface area contributed by atoms with Crippen LogP contribution in [0.5, 0.6) is 0 Å². The van der Waals surface area contributed by atoms with Crippen molar-refractivity contribution in [3.63, 3.8) is 0 Å². The van der Waals surface area contributed by atoms with Crippen LogP contribution in [-0.2, 0) is 0 Å². The molecule has 1 nitrogen and oxygen atoms in total. The van der Waals surface area contributed by atoms with E-state index in [1.54, 1.807) is 0 Å². The van der Waals surface area contributed by atoms with Crippen LogP contribution in [0.2, 0.25) is 0 Å². The number of rotatable bonds is 3. The van der Waals surface area contributed by atoms with Crippen LogP contribution in [0.15, 0.2) is 12.2 Å². The Balaban J connectivity index is 2.37. The van der Waals surface area contributed by atoms with Gasteiger partial charge in [0.1, 0.15) is 0 Å². The Labute approximate surface area is 82.6 Å². The second kappa shape index (κ2) is 4.80. The molecule has 1 aliphatic rings. The van der Waals surface area contributed by atoms with Gasteiger partial charge in [-0.1, -0.05) is 18.4 Å². The average molecular weight is 181 g/mol. The van der Waals surface area contributed by atoms with Gasteiger partial charge in [-0.05, 0) is 46.1 Å². The molecule has 0 amide bonds. The summed E-state index contributed by atoms with van der Waals surface area (Å²) in [7, 11) is 0. The second-order valence-corrected chi connectivity index (χ2v) is 4.76. The molecule has 0 spiro atoms. The van der Waals surface area contributed by atoms with E-state index in [2.05, 4.69) is 25.7 Å². The van der Waals surface area contributed by atoms with Gasteiger partial charge in [-0.15, -0.1) is 6.58 Å². The predicted molar refractivity (Wildman–Crippen MR) is 58.9 cm³/mol. The lowest BCUT2D eigenvalue weighted by molar-refractivity contribution is 0.324. The molecule has 1 N–H and O–H groups in total. The van der Waals surface area contributed by atoms with E-state index in [4.69, 9.17) is 0 Å². The number of nitrogens with one attached hydrogen (secondary N) is 1. The molecule has 1 atom stereocenters. The zero-order valence-corrected chi connectivity index (χ0v) is 9.16. The molecular formula is C12H23N. The molecular weight excluding hydrogens is 158 g/mol. The molecule has 0 aromatic rings. The van der Waals surface area contributed by atoms with Crippen LogP contribution in [0, 0.1) is 0 Å². The Kier molecular flexibility index (Phi) is 3.98. The molecule has 0 aliphatic carbocycles. The molecule has 76 valence electrons. The summed E-state index contributed by atoms with van der Waals surface area (Å²) in [5.74, 6) is 0. The Hall–Kier alpha value is -0.300. The summed E-state index contributed by atoms with van der Waals surface area (Å²) >= 11 is 0. The Bertz CT molecular complexity index is 164. The van der Waals surface area contributed by atoms with Gasteiger partial charge in [0, 0.05) is 5.54 Å². The van der Waals surface area contributed by atoms with Gasteiger partial charge in [-0.2, -0.15) is 0 Å². The van der Waals surface area contributed by atoms with E-state index in [9.17, 15) is 0 Å². The lowest BCUT2D eigenvalue weighted by Crippen LogP contribution is -2.41. The molecule has 1 saturated heterocycles. The van der Waals surface area contributed by atoms with Crippen LogP contribution in [0.4, 0.5) is 0 Å². The van der Waals surface area contributed by atoms with Crippen molar-refractivity contribution in [2.24, 2.45) is 0 Å². The highest BCUT2D eigenvalue weighted by Crippen LogP contribution is 2.24. The summed E-state index contributed by atoms with van der Waals surface area (Å²) in [6, 6.07) is 0. The highest BCUT2D eigenvalue weighted by atomic mass is 15.0. The summed E-state index contributed by atoms with van der Waals surface area (Å²) < 4.78 is 0. The van der Waals surface area contributed by atoms with Crippen molar-refractivity contribution >= 4 is 0 Å². The maximum Gasteiger partial charge on any atom is 0.0156 e. The molecule has 1 unspecified atom stereocenters. The highest BCUT2D eigenvalue weighted by molar-refractivity contribution is 4.94. The van der Waals surface area contributed by atoms with Gasteiger partial charge in [0.05, 0.1) is 0 Å². The first kappa shape index (κ1) is 10.8. The smallest absolute Gasteiger partial charge is 0.0156 e. The van der Waals surface area contributed by atoms with Crippen molar-refractivity contribution in [3.8, 4) is 0 Å². The highest BCUT2D eigenvalue weighted by Gasteiger charge is 2.23. The molecule has 13 heavy (non-hydrogen) atoms. The first-order valence-electron chi connectivity index (χ1n) is 5.52. The van der Waals surface area contributed by atoms with E-state index in [0.717, 1.165) is 0 Å². The summed E-state index contributed by atoms with van der Waals surface area (Å²) in [6.45, 7) is 9.65. The summed E-state index contributed by atoms with van der Waals surface area (Å²) in [5, 5.41) is 3.67. The molecule has 0 radical (unpaired) electrons. The van der Waals surface area contributed by atoms with Gasteiger partial charge in [-0.3, -0.25) is 0 Å². The van der Waals surface area contributed by atoms with E-state index in [0.29, 0.717) is 5.54 Å². The van der Waals surface area contributed by atoms with Crippen LogP contribution in [0.3, 0.4) is 0 Å². The van der Waals surface area contributed by atoms with Crippen LogP contribution in [0.1, 0.15) is 52.4 Å². The van der Waals surface area contributed by atoms with E-state index in [1.165, 1.54) is 50.6 Å². The zero-order chi connectivity index (χ0) is 9.73. The molecule has 0 aromatic heterocycles. The minimum atomic E-state index is 0.384. The monoisotopic (exact) mass is 181 g/mol. The van der Waals surface area contributed by atoms with Crippen molar-refractivity contribution in [1.29, 1.82) is 0 Å². The van der Waals surface area contributed by atoms with Crippen molar-refractivity contribution in [2.45, 2.75) is 57.9 Å². The maximum absolute atomic E-state index is 3.97. The minimum Gasteiger partial charge on any atom is -0.312 e. The Morgan fingerprint density at radius 1 is 1.38 bits per heavy atom. The van der Waals surface area contributed by atoms with Gasteiger partial charge in [-0.25, -0.2) is 0 Å². The van der Waals surface area contributed by atoms with Gasteiger partial charge in [0.25, 0.3) is 0 Å². The fourth-order valence-corrected chi connectivity index (χ4v) is 2.00. The third-order valence-corrected chi connectivity index (χ3v) is 3.06. The standard InChI is InChI=1S/C12H23N/c1-11(2)7-9-12(3)8-5-4-6-10-13-12/h13H,1,4-10H2,2-3H3. The topological polar surface area (TPSA) is 12.0 Å². The maximum atomic E-state index is 3.97. The molecule has 0 bridgehead atoms. The molecule has 1 fully saturated rings. The summed E-state index contributed by atoms with van der Waals surface area (Å²) in [5.41, 5.74) is 1.70. The lowest BCUT2D eigenvalue weighted by Gasteiger charge is -2.29. The SMILES string of the molecule is C=C(C)CCC1(C)CCCCCN1. The fraction of sp³-hybridized carbons (Fsp3) is 0.833. The number of hydrogen-bond acceptors (Lipinski definition) is 1. The largest absolute Gasteiger partial charge is 0.312 e. The lowest BCUT2D eigenvalue weighted by atomic mass is 9.89. The van der Waals surface area contributed by atoms with E-state index in [1.807, 2.05) is 0 Å². The first-order valence-corrected chi connectivity index (χ1v) is 5.52. The Morgan fingerprint density at radius 2 is 2.15 bits per heavy atom. The van der Waals surface area contributed by atoms with Gasteiger partial charge in [0.15, 0.2) is 0 Å². The van der Waals surface area contributed by atoms with E-state index < -0.39 is 0 Å². The van der Waals surface area contributed by atoms with Crippen molar-refractivity contribution in [1.82, 2.24) is 5.32 Å². The van der Waals surface area contributed by atoms with Crippen LogP contribution < -0.4 is 5.32 Å². The van der Waals surface area contributed by atoms with Crippen molar-refractivity contribution < 1.29 is 0 Å². The third kappa shape index (κ3) is 3.95. The van der Waals surface area contributed by atoms with Gasteiger partial charge >= 0.3 is 0 Å². The third-order valence-electron chi connectivity index (χ3n) is 3.06. The van der Waals surface area contributed by atoms with Crippen molar-refractivity contribution in [2.75, 3.05) is 6.54 Å². The van der Waals surface area contributed by atoms with E-state index >= 15 is 0 Å². The molecule has 1 heteroatoms. The van der Waals surface area contributed by atoms with Crippen LogP contribution in [0.25, 0.3) is 0 Å². The number of hydrogen-bond donors (Lipinski definition) is 1. The van der Waals surface area contributed by atoms with Crippen molar-refractivity contribution in [3.05, 3.63) is 12.2 Å². The van der Waals surface area contributed by atoms with Crippen LogP contribution in [-0.4, -0.2) is 12.1 Å². The molecule has 0 aromatic carbocycles. The second-order valence-electron chi connectivity index (χ2n) is 4.76. The van der Waals surface area contributed by atoms with E-state index in [-0.39, 0.29) is 0 Å². The summed E-state index contributed by atoms with van der Waals surface area (Å²) in [6.07, 6.45) is 7.89. The molecule has 1 aliphatic heterocycles. The normalized spacial score (nSPS) is 29.7. The van der Waals surface area contributed by atoms with Crippen LogP contribution >= 0.6 is 0 Å². The average Bonchev–Trinajstić information content (AvgIpc) is 2.28.